The Hall–Kier alpha value is -0.140. The van der Waals surface area contributed by atoms with Crippen molar-refractivity contribution in [2.24, 2.45) is 11.3 Å². The summed E-state index contributed by atoms with van der Waals surface area (Å²) in [4.78, 5) is 0. The molecule has 0 aromatic heterocycles. The number of alkyl halides is 2. The van der Waals surface area contributed by atoms with Gasteiger partial charge in [0.25, 0.3) is 0 Å². The highest BCUT2D eigenvalue weighted by Crippen LogP contribution is 2.32. The van der Waals surface area contributed by atoms with E-state index in [1.165, 1.54) is 0 Å². The molecule has 0 amide bonds. The van der Waals surface area contributed by atoms with Crippen LogP contribution in [0.1, 0.15) is 47.5 Å². The minimum absolute atomic E-state index is 0.00539. The lowest BCUT2D eigenvalue weighted by atomic mass is 9.79. The molecular formula is C10H20F2. The fourth-order valence-electron chi connectivity index (χ4n) is 0.903. The molecule has 0 aromatic carbocycles. The van der Waals surface area contributed by atoms with Crippen molar-refractivity contribution in [3.63, 3.8) is 0 Å². The lowest BCUT2D eigenvalue weighted by molar-refractivity contribution is 0.00251. The van der Waals surface area contributed by atoms with Gasteiger partial charge in [-0.05, 0) is 24.7 Å². The Labute approximate surface area is 74.4 Å². The molecule has 0 fully saturated rings. The topological polar surface area (TPSA) is 0 Å². The molecule has 74 valence electrons. The molecule has 0 nitrogen and oxygen atoms in total. The third-order valence-electron chi connectivity index (χ3n) is 2.49. The number of hydrogen-bond acceptors (Lipinski definition) is 0. The molecule has 0 saturated heterocycles. The van der Waals surface area contributed by atoms with E-state index in [9.17, 15) is 8.78 Å². The molecule has 0 aliphatic carbocycles. The summed E-state index contributed by atoms with van der Waals surface area (Å²) in [7, 11) is 0. The van der Waals surface area contributed by atoms with Crippen LogP contribution in [-0.2, 0) is 0 Å². The van der Waals surface area contributed by atoms with E-state index in [1.54, 1.807) is 0 Å². The van der Waals surface area contributed by atoms with Gasteiger partial charge in [0.2, 0.25) is 5.92 Å². The molecule has 0 saturated carbocycles. The molecule has 0 radical (unpaired) electrons. The second-order valence-electron chi connectivity index (χ2n) is 4.88. The fraction of sp³-hybridized carbons (Fsp3) is 1.00. The van der Waals surface area contributed by atoms with E-state index in [0.29, 0.717) is 12.3 Å². The molecule has 0 rings (SSSR count). The van der Waals surface area contributed by atoms with Gasteiger partial charge in [-0.15, -0.1) is 0 Å². The van der Waals surface area contributed by atoms with E-state index in [1.807, 2.05) is 6.92 Å². The number of halogens is 2. The maximum atomic E-state index is 12.5. The summed E-state index contributed by atoms with van der Waals surface area (Å²) in [5.74, 6) is -2.15. The zero-order valence-corrected chi connectivity index (χ0v) is 8.75. The summed E-state index contributed by atoms with van der Waals surface area (Å²) in [6, 6.07) is 0. The van der Waals surface area contributed by atoms with Crippen LogP contribution in [0, 0.1) is 11.3 Å². The zero-order valence-electron chi connectivity index (χ0n) is 8.75. The van der Waals surface area contributed by atoms with Crippen LogP contribution in [0.5, 0.6) is 0 Å². The Balaban J connectivity index is 3.80. The lowest BCUT2D eigenvalue weighted by Crippen LogP contribution is -2.20. The SMILES string of the molecule is CC(CCC(C)(F)F)C(C)(C)C. The van der Waals surface area contributed by atoms with Gasteiger partial charge in [-0.25, -0.2) is 8.78 Å². The maximum absolute atomic E-state index is 12.5. The van der Waals surface area contributed by atoms with Crippen molar-refractivity contribution < 1.29 is 8.78 Å². The van der Waals surface area contributed by atoms with Crippen LogP contribution in [0.2, 0.25) is 0 Å². The quantitative estimate of drug-likeness (QED) is 0.610. The molecule has 0 aromatic rings. The van der Waals surface area contributed by atoms with Crippen molar-refractivity contribution in [1.82, 2.24) is 0 Å². The second-order valence-corrected chi connectivity index (χ2v) is 4.88. The van der Waals surface area contributed by atoms with E-state index >= 15 is 0 Å². The van der Waals surface area contributed by atoms with Crippen LogP contribution in [0.4, 0.5) is 8.78 Å². The Bertz CT molecular complexity index is 128. The Morgan fingerprint density at radius 1 is 1.08 bits per heavy atom. The summed E-state index contributed by atoms with van der Waals surface area (Å²) >= 11 is 0. The third-order valence-corrected chi connectivity index (χ3v) is 2.49. The Kier molecular flexibility index (Phi) is 3.67. The second kappa shape index (κ2) is 3.71. The minimum Gasteiger partial charge on any atom is -0.207 e. The summed E-state index contributed by atoms with van der Waals surface area (Å²) in [5, 5.41) is 0. The van der Waals surface area contributed by atoms with Crippen molar-refractivity contribution in [2.75, 3.05) is 0 Å². The van der Waals surface area contributed by atoms with Gasteiger partial charge < -0.3 is 0 Å². The van der Waals surface area contributed by atoms with Crippen molar-refractivity contribution in [3.05, 3.63) is 0 Å². The molecule has 0 heterocycles. The Morgan fingerprint density at radius 3 is 1.75 bits per heavy atom. The third kappa shape index (κ3) is 5.50. The summed E-state index contributed by atoms with van der Waals surface area (Å²) in [6.45, 7) is 9.29. The Morgan fingerprint density at radius 2 is 1.50 bits per heavy atom. The first-order valence-electron chi connectivity index (χ1n) is 4.51. The summed E-state index contributed by atoms with van der Waals surface area (Å²) in [5.41, 5.74) is 0.144. The molecule has 0 bridgehead atoms. The highest BCUT2D eigenvalue weighted by Gasteiger charge is 2.26. The molecule has 0 spiro atoms. The monoisotopic (exact) mass is 178 g/mol. The van der Waals surface area contributed by atoms with E-state index in [-0.39, 0.29) is 11.8 Å². The molecule has 0 N–H and O–H groups in total. The molecule has 0 aliphatic rings. The van der Waals surface area contributed by atoms with Gasteiger partial charge >= 0.3 is 0 Å². The first-order chi connectivity index (χ1) is 5.13. The van der Waals surface area contributed by atoms with Crippen molar-refractivity contribution in [2.45, 2.75) is 53.4 Å². The molecule has 0 aliphatic heterocycles. The number of hydrogen-bond donors (Lipinski definition) is 0. The average molecular weight is 178 g/mol. The first-order valence-corrected chi connectivity index (χ1v) is 4.51. The van der Waals surface area contributed by atoms with Crippen LogP contribution < -0.4 is 0 Å². The van der Waals surface area contributed by atoms with Gasteiger partial charge in [-0.3, -0.25) is 0 Å². The zero-order chi connectivity index (χ0) is 9.99. The predicted molar refractivity (Wildman–Crippen MR) is 48.5 cm³/mol. The maximum Gasteiger partial charge on any atom is 0.245 e. The average Bonchev–Trinajstić information content (AvgIpc) is 1.78. The normalized spacial score (nSPS) is 16.2. The fourth-order valence-corrected chi connectivity index (χ4v) is 0.903. The smallest absolute Gasteiger partial charge is 0.207 e. The molecule has 1 unspecified atom stereocenters. The minimum atomic E-state index is -2.50. The van der Waals surface area contributed by atoms with Crippen molar-refractivity contribution in [1.29, 1.82) is 0 Å². The summed E-state index contributed by atoms with van der Waals surface area (Å²) in [6.07, 6.45) is 0.610. The predicted octanol–water partition coefficient (Wildman–Crippen LogP) is 4.10. The van der Waals surface area contributed by atoms with Gasteiger partial charge in [-0.2, -0.15) is 0 Å². The van der Waals surface area contributed by atoms with Gasteiger partial charge in [0.15, 0.2) is 0 Å². The van der Waals surface area contributed by atoms with Crippen LogP contribution in [0.25, 0.3) is 0 Å². The number of rotatable bonds is 3. The molecule has 12 heavy (non-hydrogen) atoms. The van der Waals surface area contributed by atoms with Crippen LogP contribution in [0.15, 0.2) is 0 Å². The first kappa shape index (κ1) is 11.9. The summed E-state index contributed by atoms with van der Waals surface area (Å²) < 4.78 is 24.9. The van der Waals surface area contributed by atoms with Gasteiger partial charge in [0.1, 0.15) is 0 Å². The van der Waals surface area contributed by atoms with E-state index in [4.69, 9.17) is 0 Å². The largest absolute Gasteiger partial charge is 0.245 e. The molecule has 1 atom stereocenters. The standard InChI is InChI=1S/C10H20F2/c1-8(9(2,3)4)6-7-10(5,11)12/h8H,6-7H2,1-5H3. The van der Waals surface area contributed by atoms with Crippen LogP contribution in [0.3, 0.4) is 0 Å². The van der Waals surface area contributed by atoms with E-state index in [2.05, 4.69) is 20.8 Å². The lowest BCUT2D eigenvalue weighted by Gasteiger charge is -2.28. The molecule has 2 heteroatoms. The van der Waals surface area contributed by atoms with Crippen LogP contribution >= 0.6 is 0 Å². The highest BCUT2D eigenvalue weighted by atomic mass is 19.3. The highest BCUT2D eigenvalue weighted by molar-refractivity contribution is 4.72. The van der Waals surface area contributed by atoms with E-state index in [0.717, 1.165) is 6.92 Å². The molecular weight excluding hydrogens is 158 g/mol. The van der Waals surface area contributed by atoms with Gasteiger partial charge in [0.05, 0.1) is 0 Å². The van der Waals surface area contributed by atoms with Crippen molar-refractivity contribution in [3.8, 4) is 0 Å². The van der Waals surface area contributed by atoms with Crippen molar-refractivity contribution >= 4 is 0 Å². The van der Waals surface area contributed by atoms with Gasteiger partial charge in [0, 0.05) is 6.42 Å². The van der Waals surface area contributed by atoms with Gasteiger partial charge in [-0.1, -0.05) is 27.7 Å². The van der Waals surface area contributed by atoms with Crippen LogP contribution in [-0.4, -0.2) is 5.92 Å². The van der Waals surface area contributed by atoms with E-state index < -0.39 is 5.92 Å².